The second-order valence-electron chi connectivity index (χ2n) is 4.75. The summed E-state index contributed by atoms with van der Waals surface area (Å²) in [6.07, 6.45) is -0.00508. The molecule has 1 atom stereocenters. The van der Waals surface area contributed by atoms with Crippen molar-refractivity contribution in [3.63, 3.8) is 0 Å². The molecule has 19 heavy (non-hydrogen) atoms. The van der Waals surface area contributed by atoms with Gasteiger partial charge < -0.3 is 19.9 Å². The molecule has 0 saturated carbocycles. The van der Waals surface area contributed by atoms with Gasteiger partial charge >= 0.3 is 0 Å². The van der Waals surface area contributed by atoms with E-state index in [0.29, 0.717) is 19.6 Å². The molecule has 0 aliphatic carbocycles. The molecule has 1 aromatic rings. The van der Waals surface area contributed by atoms with Crippen LogP contribution >= 0.6 is 0 Å². The number of methoxy groups -OCH3 is 1. The number of benzene rings is 1. The van der Waals surface area contributed by atoms with Crippen LogP contribution in [0.3, 0.4) is 0 Å². The molecule has 0 saturated heterocycles. The summed E-state index contributed by atoms with van der Waals surface area (Å²) in [6.45, 7) is 5.03. The van der Waals surface area contributed by atoms with Crippen LogP contribution in [0.4, 0.5) is 0 Å². The molecule has 1 rings (SSSR count). The Bertz CT molecular complexity index is 418. The molecule has 0 fully saturated rings. The van der Waals surface area contributed by atoms with Gasteiger partial charge in [0.1, 0.15) is 18.5 Å². The fourth-order valence-electron chi connectivity index (χ4n) is 1.46. The summed E-state index contributed by atoms with van der Waals surface area (Å²) in [7, 11) is 1.62. The van der Waals surface area contributed by atoms with Crippen LogP contribution in [0, 0.1) is 0 Å². The van der Waals surface area contributed by atoms with Crippen LogP contribution in [0.15, 0.2) is 24.2 Å². The summed E-state index contributed by atoms with van der Waals surface area (Å²) in [4.78, 5) is 0. The average molecular weight is 269 g/mol. The topological polar surface area (TPSA) is 50.7 Å². The zero-order chi connectivity index (χ0) is 15.8. The van der Waals surface area contributed by atoms with E-state index in [2.05, 4.69) is 5.32 Å². The van der Waals surface area contributed by atoms with E-state index >= 15 is 0 Å². The quantitative estimate of drug-likeness (QED) is 0.715. The van der Waals surface area contributed by atoms with Gasteiger partial charge in [-0.05, 0) is 24.1 Å². The molecule has 0 amide bonds. The van der Waals surface area contributed by atoms with Gasteiger partial charge in [-0.25, -0.2) is 0 Å². The van der Waals surface area contributed by atoms with Crippen LogP contribution in [0.25, 0.3) is 0 Å². The first-order chi connectivity index (χ1) is 9.93. The van der Waals surface area contributed by atoms with Gasteiger partial charge in [0, 0.05) is 19.7 Å². The monoisotopic (exact) mass is 269 g/mol. The van der Waals surface area contributed by atoms with Gasteiger partial charge in [-0.3, -0.25) is 0 Å². The van der Waals surface area contributed by atoms with Crippen molar-refractivity contribution in [3.05, 3.63) is 29.8 Å². The third kappa shape index (κ3) is 7.15. The molecule has 0 aliphatic rings. The summed E-state index contributed by atoms with van der Waals surface area (Å²) >= 11 is 0. The molecule has 4 nitrogen and oxygen atoms in total. The molecule has 108 valence electrons. The first-order valence-electron chi connectivity index (χ1n) is 7.57. The number of rotatable bonds is 9. The highest BCUT2D eigenvalue weighted by Gasteiger charge is 2.05. The van der Waals surface area contributed by atoms with Gasteiger partial charge in [0.25, 0.3) is 0 Å². The first-order valence-corrected chi connectivity index (χ1v) is 6.57. The minimum absolute atomic E-state index is 0.0644. The predicted octanol–water partition coefficient (Wildman–Crippen LogP) is 1.61. The molecule has 0 spiro atoms. The molecule has 4 heteroatoms. The highest BCUT2D eigenvalue weighted by atomic mass is 16.5. The van der Waals surface area contributed by atoms with Gasteiger partial charge in [-0.1, -0.05) is 26.0 Å². The van der Waals surface area contributed by atoms with E-state index in [1.54, 1.807) is 19.2 Å². The van der Waals surface area contributed by atoms with Crippen molar-refractivity contribution in [3.8, 4) is 5.75 Å². The standard InChI is InChI=1S/C15H25NO3/c1-12(2)16-10-14(17)11-19-15-6-4-13(5-7-15)8-9-18-3/h4-7,12,14,16-17H,8-11H2,1-3H3/i6D,7D. The highest BCUT2D eigenvalue weighted by Crippen LogP contribution is 2.12. The van der Waals surface area contributed by atoms with Gasteiger partial charge in [-0.15, -0.1) is 0 Å². The number of aliphatic hydroxyl groups is 1. The van der Waals surface area contributed by atoms with Crippen LogP contribution in [0.5, 0.6) is 5.75 Å². The Morgan fingerprint density at radius 2 is 2.05 bits per heavy atom. The molecule has 0 heterocycles. The molecule has 1 unspecified atom stereocenters. The van der Waals surface area contributed by atoms with Crippen LogP contribution in [-0.2, 0) is 11.2 Å². The van der Waals surface area contributed by atoms with Crippen molar-refractivity contribution in [2.75, 3.05) is 26.9 Å². The zero-order valence-electron chi connectivity index (χ0n) is 13.9. The van der Waals surface area contributed by atoms with Crippen LogP contribution in [0.2, 0.25) is 0 Å². The van der Waals surface area contributed by atoms with E-state index in [0.717, 1.165) is 5.56 Å². The molecule has 0 aromatic heterocycles. The van der Waals surface area contributed by atoms with Crippen molar-refractivity contribution in [1.29, 1.82) is 0 Å². The maximum absolute atomic E-state index is 9.79. The fourth-order valence-corrected chi connectivity index (χ4v) is 1.46. The van der Waals surface area contributed by atoms with E-state index in [4.69, 9.17) is 12.2 Å². The van der Waals surface area contributed by atoms with Crippen molar-refractivity contribution >= 4 is 0 Å². The maximum Gasteiger partial charge on any atom is 0.119 e. The number of aliphatic hydroxyl groups excluding tert-OH is 1. The SMILES string of the molecule is [2H]c1cc(CCOC)cc([2H])c1OCC(O)CNC(C)C. The smallest absolute Gasteiger partial charge is 0.119 e. The summed E-state index contributed by atoms with van der Waals surface area (Å²) in [5, 5.41) is 12.9. The summed E-state index contributed by atoms with van der Waals surface area (Å²) in [5.74, 6) is 0.208. The van der Waals surface area contributed by atoms with E-state index in [1.807, 2.05) is 13.8 Å². The number of nitrogens with one attached hydrogen (secondary N) is 1. The third-order valence-electron chi connectivity index (χ3n) is 2.55. The lowest BCUT2D eigenvalue weighted by Crippen LogP contribution is -2.35. The van der Waals surface area contributed by atoms with Crippen LogP contribution < -0.4 is 10.1 Å². The maximum atomic E-state index is 9.79. The summed E-state index contributed by atoms with van der Waals surface area (Å²) in [6, 6.07) is 3.96. The Morgan fingerprint density at radius 3 is 2.63 bits per heavy atom. The molecular formula is C15H25NO3. The Labute approximate surface area is 118 Å². The number of ether oxygens (including phenoxy) is 2. The summed E-state index contributed by atoms with van der Waals surface area (Å²) in [5.41, 5.74) is 0.876. The van der Waals surface area contributed by atoms with Crippen molar-refractivity contribution in [2.45, 2.75) is 32.4 Å². The normalized spacial score (nSPS) is 14.2. The highest BCUT2D eigenvalue weighted by molar-refractivity contribution is 5.27. The minimum Gasteiger partial charge on any atom is -0.491 e. The number of hydrogen-bond acceptors (Lipinski definition) is 4. The largest absolute Gasteiger partial charge is 0.491 e. The molecule has 2 N–H and O–H groups in total. The van der Waals surface area contributed by atoms with Gasteiger partial charge in [0.2, 0.25) is 0 Å². The zero-order valence-corrected chi connectivity index (χ0v) is 11.9. The molecule has 1 aromatic carbocycles. The van der Waals surface area contributed by atoms with Crippen LogP contribution in [0.1, 0.15) is 22.2 Å². The van der Waals surface area contributed by atoms with E-state index < -0.39 is 6.10 Å². The van der Waals surface area contributed by atoms with E-state index in [9.17, 15) is 5.11 Å². The van der Waals surface area contributed by atoms with Crippen molar-refractivity contribution in [1.82, 2.24) is 5.32 Å². The summed E-state index contributed by atoms with van der Waals surface area (Å²) < 4.78 is 26.3. The van der Waals surface area contributed by atoms with E-state index in [-0.39, 0.29) is 30.5 Å². The van der Waals surface area contributed by atoms with Gasteiger partial charge in [0.05, 0.1) is 9.35 Å². The lowest BCUT2D eigenvalue weighted by molar-refractivity contribution is 0.104. The van der Waals surface area contributed by atoms with E-state index in [1.165, 1.54) is 0 Å². The molecule has 0 bridgehead atoms. The Hall–Kier alpha value is -1.10. The third-order valence-corrected chi connectivity index (χ3v) is 2.55. The second kappa shape index (κ2) is 8.91. The molecule has 0 aliphatic heterocycles. The van der Waals surface area contributed by atoms with Gasteiger partial charge in [0.15, 0.2) is 0 Å². The Balaban J connectivity index is 2.58. The first kappa shape index (κ1) is 12.9. The minimum atomic E-state index is -0.667. The second-order valence-corrected chi connectivity index (χ2v) is 4.75. The average Bonchev–Trinajstić information content (AvgIpc) is 2.41. The Kier molecular flexibility index (Phi) is 6.05. The lowest BCUT2D eigenvalue weighted by atomic mass is 10.1. The molecular weight excluding hydrogens is 242 g/mol. The molecule has 0 radical (unpaired) electrons. The van der Waals surface area contributed by atoms with Crippen molar-refractivity contribution < 1.29 is 17.3 Å². The predicted molar refractivity (Wildman–Crippen MR) is 76.7 cm³/mol. The fraction of sp³-hybridized carbons (Fsp3) is 0.600. The van der Waals surface area contributed by atoms with Gasteiger partial charge in [-0.2, -0.15) is 0 Å². The van der Waals surface area contributed by atoms with Crippen molar-refractivity contribution in [2.24, 2.45) is 0 Å². The number of hydrogen-bond donors (Lipinski definition) is 2. The Morgan fingerprint density at radius 1 is 1.37 bits per heavy atom. The van der Waals surface area contributed by atoms with Crippen LogP contribution in [-0.4, -0.2) is 44.1 Å². The lowest BCUT2D eigenvalue weighted by Gasteiger charge is -2.15.